The molecule has 2 N–H and O–H groups in total. The Bertz CT molecular complexity index is 1570. The zero-order valence-corrected chi connectivity index (χ0v) is 21.6. The van der Waals surface area contributed by atoms with E-state index in [0.717, 1.165) is 26.2 Å². The molecule has 0 radical (unpaired) electrons. The third-order valence-electron chi connectivity index (χ3n) is 5.90. The Kier molecular flexibility index (Phi) is 9.53. The molecule has 0 unspecified atom stereocenters. The zero-order chi connectivity index (χ0) is 29.4. The largest absolute Gasteiger partial charge is 0.490 e. The SMILES string of the molecule is CC#CCn1c(N2CCNCC2)nc2cc(C(=O)OC)n(Cc3ccccc3C#N)c(=O)c21.O=C(O)C(F)(F)F. The van der Waals surface area contributed by atoms with Crippen LogP contribution in [0.1, 0.15) is 28.5 Å². The number of carboxylic acids is 1. The summed E-state index contributed by atoms with van der Waals surface area (Å²) in [6.45, 7) is 5.21. The first-order valence-electron chi connectivity index (χ1n) is 11.9. The van der Waals surface area contributed by atoms with Gasteiger partial charge in [-0.15, -0.1) is 5.92 Å². The van der Waals surface area contributed by atoms with Crippen molar-refractivity contribution in [2.24, 2.45) is 0 Å². The maximum absolute atomic E-state index is 13.8. The lowest BCUT2D eigenvalue weighted by molar-refractivity contribution is -0.192. The van der Waals surface area contributed by atoms with Crippen molar-refractivity contribution < 1.29 is 32.6 Å². The van der Waals surface area contributed by atoms with E-state index < -0.39 is 18.1 Å². The average molecular weight is 559 g/mol. The molecule has 3 heterocycles. The molecule has 1 fully saturated rings. The summed E-state index contributed by atoms with van der Waals surface area (Å²) in [6.07, 6.45) is -5.08. The highest BCUT2D eigenvalue weighted by Gasteiger charge is 2.38. The first-order valence-corrected chi connectivity index (χ1v) is 11.9. The summed E-state index contributed by atoms with van der Waals surface area (Å²) in [5, 5.41) is 19.9. The van der Waals surface area contributed by atoms with Gasteiger partial charge in [0.1, 0.15) is 11.2 Å². The van der Waals surface area contributed by atoms with E-state index in [4.69, 9.17) is 19.6 Å². The second-order valence-corrected chi connectivity index (χ2v) is 8.38. The number of esters is 1. The van der Waals surface area contributed by atoms with Crippen molar-refractivity contribution in [3.05, 3.63) is 57.5 Å². The molecule has 2 aromatic heterocycles. The standard InChI is InChI=1S/C24H24N6O3.C2HF3O2/c1-3-4-11-29-21-19(27-24(29)28-12-9-26-10-13-28)14-20(23(32)33-2)30(22(21)31)16-18-8-6-5-7-17(18)15-25;3-2(4,5)1(6)7/h5-8,14,26H,9-13,16H2,1-2H3;(H,6,7). The molecule has 40 heavy (non-hydrogen) atoms. The number of anilines is 1. The van der Waals surface area contributed by atoms with Crippen LogP contribution in [-0.2, 0) is 22.6 Å². The van der Waals surface area contributed by atoms with Crippen molar-refractivity contribution in [2.75, 3.05) is 38.2 Å². The second-order valence-electron chi connectivity index (χ2n) is 8.38. The highest BCUT2D eigenvalue weighted by Crippen LogP contribution is 2.23. The summed E-state index contributed by atoms with van der Waals surface area (Å²) >= 11 is 0. The number of carboxylic acid groups (broad SMARTS) is 1. The minimum Gasteiger partial charge on any atom is -0.475 e. The van der Waals surface area contributed by atoms with Crippen LogP contribution < -0.4 is 15.8 Å². The van der Waals surface area contributed by atoms with Gasteiger partial charge >= 0.3 is 18.1 Å². The van der Waals surface area contributed by atoms with Gasteiger partial charge in [0.05, 0.1) is 37.3 Å². The molecule has 1 aromatic carbocycles. The molecular formula is C26H25F3N6O5. The number of carbonyl (C=O) groups is 2. The number of pyridine rings is 1. The number of ether oxygens (including phenoxy) is 1. The summed E-state index contributed by atoms with van der Waals surface area (Å²) < 4.78 is 39.9. The minimum atomic E-state index is -5.08. The van der Waals surface area contributed by atoms with E-state index in [1.807, 2.05) is 4.57 Å². The number of carbonyl (C=O) groups excluding carboxylic acids is 1. The van der Waals surface area contributed by atoms with Crippen LogP contribution in [0.25, 0.3) is 11.0 Å². The van der Waals surface area contributed by atoms with E-state index in [1.54, 1.807) is 37.3 Å². The number of aromatic nitrogens is 3. The molecule has 0 spiro atoms. The van der Waals surface area contributed by atoms with E-state index in [-0.39, 0.29) is 17.8 Å². The number of nitriles is 1. The molecular weight excluding hydrogens is 533 g/mol. The Morgan fingerprint density at radius 1 is 1.20 bits per heavy atom. The molecule has 0 bridgehead atoms. The quantitative estimate of drug-likeness (QED) is 0.355. The number of benzene rings is 1. The van der Waals surface area contributed by atoms with Crippen molar-refractivity contribution in [1.82, 2.24) is 19.4 Å². The van der Waals surface area contributed by atoms with Gasteiger partial charge in [-0.25, -0.2) is 14.6 Å². The number of hydrogen-bond donors (Lipinski definition) is 2. The number of nitrogens with one attached hydrogen (secondary N) is 1. The topological polar surface area (TPSA) is 142 Å². The van der Waals surface area contributed by atoms with Crippen molar-refractivity contribution >= 4 is 28.9 Å². The van der Waals surface area contributed by atoms with Gasteiger partial charge in [0.2, 0.25) is 5.95 Å². The van der Waals surface area contributed by atoms with Gasteiger partial charge in [-0.1, -0.05) is 24.1 Å². The monoisotopic (exact) mass is 558 g/mol. The van der Waals surface area contributed by atoms with Crippen LogP contribution in [0.3, 0.4) is 0 Å². The highest BCUT2D eigenvalue weighted by molar-refractivity contribution is 5.92. The minimum absolute atomic E-state index is 0.0521. The summed E-state index contributed by atoms with van der Waals surface area (Å²) in [5.41, 5.74) is 1.55. The number of hydrogen-bond acceptors (Lipinski definition) is 8. The fourth-order valence-corrected chi connectivity index (χ4v) is 4.01. The van der Waals surface area contributed by atoms with Gasteiger partial charge in [0, 0.05) is 26.2 Å². The third kappa shape index (κ3) is 6.59. The predicted octanol–water partition coefficient (Wildman–Crippen LogP) is 1.97. The molecule has 4 rings (SSSR count). The molecule has 0 aliphatic carbocycles. The van der Waals surface area contributed by atoms with Crippen LogP contribution in [0.2, 0.25) is 0 Å². The predicted molar refractivity (Wildman–Crippen MR) is 138 cm³/mol. The smallest absolute Gasteiger partial charge is 0.475 e. The Morgan fingerprint density at radius 2 is 1.85 bits per heavy atom. The van der Waals surface area contributed by atoms with Crippen molar-refractivity contribution in [3.63, 3.8) is 0 Å². The summed E-state index contributed by atoms with van der Waals surface area (Å²) in [4.78, 5) is 42.1. The van der Waals surface area contributed by atoms with Crippen LogP contribution in [0.5, 0.6) is 0 Å². The lowest BCUT2D eigenvalue weighted by Crippen LogP contribution is -2.44. The number of nitrogens with zero attached hydrogens (tertiary/aromatic N) is 5. The van der Waals surface area contributed by atoms with Gasteiger partial charge in [0.25, 0.3) is 5.56 Å². The van der Waals surface area contributed by atoms with Gasteiger partial charge < -0.3 is 20.1 Å². The maximum Gasteiger partial charge on any atom is 0.490 e. The van der Waals surface area contributed by atoms with E-state index in [9.17, 15) is 28.0 Å². The maximum atomic E-state index is 13.8. The number of aliphatic carboxylic acids is 1. The Morgan fingerprint density at radius 3 is 2.42 bits per heavy atom. The Hall–Kier alpha value is -4.82. The zero-order valence-electron chi connectivity index (χ0n) is 21.6. The number of piperazine rings is 1. The lowest BCUT2D eigenvalue weighted by Gasteiger charge is -2.28. The molecule has 1 aliphatic heterocycles. The van der Waals surface area contributed by atoms with Crippen molar-refractivity contribution in [2.45, 2.75) is 26.2 Å². The number of rotatable bonds is 5. The van der Waals surface area contributed by atoms with Crippen LogP contribution in [0, 0.1) is 23.2 Å². The Balaban J connectivity index is 0.000000559. The summed E-state index contributed by atoms with van der Waals surface area (Å²) in [7, 11) is 1.27. The van der Waals surface area contributed by atoms with Crippen molar-refractivity contribution in [3.8, 4) is 17.9 Å². The molecule has 1 saturated heterocycles. The summed E-state index contributed by atoms with van der Waals surface area (Å²) in [6, 6.07) is 10.7. The fourth-order valence-electron chi connectivity index (χ4n) is 4.01. The van der Waals surface area contributed by atoms with Gasteiger partial charge in [-0.05, 0) is 24.6 Å². The van der Waals surface area contributed by atoms with Crippen molar-refractivity contribution in [1.29, 1.82) is 5.26 Å². The lowest BCUT2D eigenvalue weighted by atomic mass is 10.1. The molecule has 0 atom stereocenters. The van der Waals surface area contributed by atoms with Gasteiger partial charge in [-0.3, -0.25) is 13.9 Å². The van der Waals surface area contributed by atoms with Crippen LogP contribution in [-0.4, -0.2) is 70.6 Å². The molecule has 0 saturated carbocycles. The first-order chi connectivity index (χ1) is 19.0. The molecule has 210 valence electrons. The number of methoxy groups -OCH3 is 1. The van der Waals surface area contributed by atoms with Gasteiger partial charge in [0.15, 0.2) is 0 Å². The summed E-state index contributed by atoms with van der Waals surface area (Å²) in [5.74, 6) is 3.16. The highest BCUT2D eigenvalue weighted by atomic mass is 19.4. The number of fused-ring (bicyclic) bond motifs is 1. The average Bonchev–Trinajstić information content (AvgIpc) is 3.32. The fraction of sp³-hybridized carbons (Fsp3) is 0.346. The molecule has 3 aromatic rings. The molecule has 0 amide bonds. The number of alkyl halides is 3. The Labute approximate surface area is 226 Å². The molecule has 1 aliphatic rings. The normalized spacial score (nSPS) is 12.9. The number of imidazole rings is 1. The van der Waals surface area contributed by atoms with E-state index in [0.29, 0.717) is 34.7 Å². The van der Waals surface area contributed by atoms with E-state index in [1.165, 1.54) is 11.7 Å². The van der Waals surface area contributed by atoms with Crippen LogP contribution in [0.15, 0.2) is 35.1 Å². The third-order valence-corrected chi connectivity index (χ3v) is 5.90. The van der Waals surface area contributed by atoms with E-state index in [2.05, 4.69) is 28.1 Å². The number of halogens is 3. The first kappa shape index (κ1) is 29.7. The van der Waals surface area contributed by atoms with E-state index >= 15 is 0 Å². The molecule has 14 heteroatoms. The van der Waals surface area contributed by atoms with Crippen LogP contribution in [0.4, 0.5) is 19.1 Å². The van der Waals surface area contributed by atoms with Crippen LogP contribution >= 0.6 is 0 Å². The second kappa shape index (κ2) is 12.8. The molecule has 11 nitrogen and oxygen atoms in total. The van der Waals surface area contributed by atoms with Gasteiger partial charge in [-0.2, -0.15) is 18.4 Å².